The van der Waals surface area contributed by atoms with E-state index in [2.05, 4.69) is 10.3 Å². The molecule has 0 radical (unpaired) electrons. The lowest BCUT2D eigenvalue weighted by atomic mass is 10.1. The van der Waals surface area contributed by atoms with E-state index in [1.54, 1.807) is 18.3 Å². The maximum Gasteiger partial charge on any atom is 0.257 e. The van der Waals surface area contributed by atoms with Crippen LogP contribution in [0, 0.1) is 0 Å². The number of hydrogen-bond acceptors (Lipinski definition) is 4. The van der Waals surface area contributed by atoms with E-state index in [0.717, 1.165) is 35.5 Å². The predicted octanol–water partition coefficient (Wildman–Crippen LogP) is 4.26. The third kappa shape index (κ3) is 4.71. The molecule has 1 aliphatic rings. The van der Waals surface area contributed by atoms with Gasteiger partial charge in [-0.2, -0.15) is 11.8 Å². The molecule has 0 aliphatic carbocycles. The van der Waals surface area contributed by atoms with Crippen LogP contribution in [0.1, 0.15) is 15.9 Å². The number of hydrogen-bond donors (Lipinski definition) is 1. The first-order chi connectivity index (χ1) is 14.1. The maximum absolute atomic E-state index is 12.8. The number of benzene rings is 2. The Labute approximate surface area is 178 Å². The second kappa shape index (κ2) is 8.84. The summed E-state index contributed by atoms with van der Waals surface area (Å²) in [5.74, 6) is 1.89. The first-order valence-corrected chi connectivity index (χ1v) is 10.9. The van der Waals surface area contributed by atoms with Crippen molar-refractivity contribution in [2.45, 2.75) is 6.42 Å². The van der Waals surface area contributed by atoms with Crippen molar-refractivity contribution in [3.8, 4) is 0 Å². The number of fused-ring (bicyclic) bond motifs is 1. The molecule has 0 bridgehead atoms. The summed E-state index contributed by atoms with van der Waals surface area (Å²) in [6, 6.07) is 14.5. The van der Waals surface area contributed by atoms with Crippen molar-refractivity contribution in [1.82, 2.24) is 9.88 Å². The number of halogens is 1. The van der Waals surface area contributed by atoms with Crippen molar-refractivity contribution in [2.24, 2.45) is 0 Å². The van der Waals surface area contributed by atoms with Gasteiger partial charge < -0.3 is 10.2 Å². The van der Waals surface area contributed by atoms with Gasteiger partial charge in [0.05, 0.1) is 17.5 Å². The van der Waals surface area contributed by atoms with E-state index in [-0.39, 0.29) is 11.8 Å². The molecule has 3 aromatic rings. The molecule has 1 N–H and O–H groups in total. The summed E-state index contributed by atoms with van der Waals surface area (Å²) in [7, 11) is 0. The fraction of sp³-hybridized carbons (Fsp3) is 0.227. The third-order valence-electron chi connectivity index (χ3n) is 4.85. The van der Waals surface area contributed by atoms with Crippen molar-refractivity contribution in [1.29, 1.82) is 0 Å². The van der Waals surface area contributed by atoms with Crippen LogP contribution in [0.25, 0.3) is 10.9 Å². The summed E-state index contributed by atoms with van der Waals surface area (Å²) in [6.07, 6.45) is 2.03. The van der Waals surface area contributed by atoms with Gasteiger partial charge in [-0.05, 0) is 35.9 Å². The number of anilines is 1. The Morgan fingerprint density at radius 2 is 1.86 bits per heavy atom. The highest BCUT2D eigenvalue weighted by Gasteiger charge is 2.17. The normalized spacial score (nSPS) is 14.0. The average Bonchev–Trinajstić information content (AvgIpc) is 2.75. The van der Waals surface area contributed by atoms with Crippen LogP contribution in [0.2, 0.25) is 5.02 Å². The maximum atomic E-state index is 12.8. The second-order valence-corrected chi connectivity index (χ2v) is 8.51. The average molecular weight is 426 g/mol. The summed E-state index contributed by atoms with van der Waals surface area (Å²) in [5, 5.41) is 4.19. The highest BCUT2D eigenvalue weighted by molar-refractivity contribution is 7.99. The lowest BCUT2D eigenvalue weighted by molar-refractivity contribution is -0.130. The molecule has 1 aliphatic heterocycles. The predicted molar refractivity (Wildman–Crippen MR) is 119 cm³/mol. The summed E-state index contributed by atoms with van der Waals surface area (Å²) < 4.78 is 0. The molecular formula is C22H20ClN3O2S. The van der Waals surface area contributed by atoms with Gasteiger partial charge >= 0.3 is 0 Å². The zero-order valence-corrected chi connectivity index (χ0v) is 17.3. The van der Waals surface area contributed by atoms with Crippen LogP contribution in [-0.2, 0) is 11.2 Å². The Morgan fingerprint density at radius 1 is 1.10 bits per heavy atom. The lowest BCUT2D eigenvalue weighted by Gasteiger charge is -2.26. The van der Waals surface area contributed by atoms with Crippen molar-refractivity contribution >= 4 is 51.8 Å². The zero-order chi connectivity index (χ0) is 20.2. The van der Waals surface area contributed by atoms with Crippen LogP contribution in [-0.4, -0.2) is 46.3 Å². The molecule has 5 nitrogen and oxygen atoms in total. The molecule has 1 fully saturated rings. The number of nitrogens with one attached hydrogen (secondary N) is 1. The number of carbonyl (C=O) groups is 2. The van der Waals surface area contributed by atoms with Crippen molar-refractivity contribution in [2.75, 3.05) is 29.9 Å². The van der Waals surface area contributed by atoms with Gasteiger partial charge in [0.2, 0.25) is 5.91 Å². The molecule has 0 unspecified atom stereocenters. The summed E-state index contributed by atoms with van der Waals surface area (Å²) in [4.78, 5) is 31.4. The number of thioether (sulfide) groups is 1. The van der Waals surface area contributed by atoms with Crippen LogP contribution in [0.5, 0.6) is 0 Å². The number of pyridine rings is 1. The van der Waals surface area contributed by atoms with Crippen molar-refractivity contribution in [3.05, 3.63) is 70.9 Å². The van der Waals surface area contributed by atoms with E-state index in [4.69, 9.17) is 11.6 Å². The number of carbonyl (C=O) groups excluding carboxylic acids is 2. The smallest absolute Gasteiger partial charge is 0.257 e. The lowest BCUT2D eigenvalue weighted by Crippen LogP contribution is -2.38. The van der Waals surface area contributed by atoms with Crippen LogP contribution in [0.3, 0.4) is 0 Å². The topological polar surface area (TPSA) is 62.3 Å². The number of aromatic nitrogens is 1. The largest absolute Gasteiger partial charge is 0.341 e. The number of rotatable bonds is 4. The summed E-state index contributed by atoms with van der Waals surface area (Å²) in [6.45, 7) is 1.64. The number of amides is 2. The molecule has 7 heteroatoms. The van der Waals surface area contributed by atoms with Gasteiger partial charge in [0.15, 0.2) is 0 Å². The molecular weight excluding hydrogens is 406 g/mol. The monoisotopic (exact) mass is 425 g/mol. The third-order valence-corrected chi connectivity index (χ3v) is 6.01. The van der Waals surface area contributed by atoms with E-state index >= 15 is 0 Å². The molecule has 2 amide bonds. The molecule has 29 heavy (non-hydrogen) atoms. The minimum absolute atomic E-state index is 0.151. The molecule has 4 rings (SSSR count). The standard InChI is InChI=1S/C22H20ClN3O2S/c23-17-13-16-2-1-7-24-21(16)19(14-17)22(28)25-18-5-3-15(4-6-18)12-20(27)26-8-10-29-11-9-26/h1-7,13-14H,8-12H2,(H,25,28). The van der Waals surface area contributed by atoms with E-state index < -0.39 is 0 Å². The van der Waals surface area contributed by atoms with Gasteiger partial charge in [-0.1, -0.05) is 29.8 Å². The fourth-order valence-corrected chi connectivity index (χ4v) is 4.46. The Kier molecular flexibility index (Phi) is 6.02. The first kappa shape index (κ1) is 19.7. The van der Waals surface area contributed by atoms with Gasteiger partial charge in [-0.25, -0.2) is 0 Å². The van der Waals surface area contributed by atoms with E-state index in [0.29, 0.717) is 28.2 Å². The van der Waals surface area contributed by atoms with Gasteiger partial charge in [0.25, 0.3) is 5.91 Å². The molecule has 2 heterocycles. The van der Waals surface area contributed by atoms with Crippen molar-refractivity contribution in [3.63, 3.8) is 0 Å². The summed E-state index contributed by atoms with van der Waals surface area (Å²) >= 11 is 8.04. The Hall–Kier alpha value is -2.57. The first-order valence-electron chi connectivity index (χ1n) is 9.40. The Morgan fingerprint density at radius 3 is 2.62 bits per heavy atom. The van der Waals surface area contributed by atoms with Crippen molar-refractivity contribution < 1.29 is 9.59 Å². The minimum atomic E-state index is -0.272. The van der Waals surface area contributed by atoms with E-state index in [1.807, 2.05) is 53.1 Å². The Bertz CT molecular complexity index is 1050. The molecule has 2 aromatic carbocycles. The van der Waals surface area contributed by atoms with Gasteiger partial charge in [0.1, 0.15) is 0 Å². The fourth-order valence-electron chi connectivity index (χ4n) is 3.33. The number of nitrogens with zero attached hydrogens (tertiary/aromatic N) is 2. The highest BCUT2D eigenvalue weighted by atomic mass is 35.5. The van der Waals surface area contributed by atoms with Gasteiger partial charge in [-0.3, -0.25) is 14.6 Å². The van der Waals surface area contributed by atoms with E-state index in [9.17, 15) is 9.59 Å². The Balaban J connectivity index is 1.45. The molecule has 0 atom stereocenters. The van der Waals surface area contributed by atoms with Gasteiger partial charge in [0, 0.05) is 46.9 Å². The van der Waals surface area contributed by atoms with E-state index in [1.165, 1.54) is 0 Å². The van der Waals surface area contributed by atoms with Crippen LogP contribution < -0.4 is 5.32 Å². The SMILES string of the molecule is O=C(Nc1ccc(CC(=O)N2CCSCC2)cc1)c1cc(Cl)cc2cccnc12. The van der Waals surface area contributed by atoms with Crippen LogP contribution in [0.15, 0.2) is 54.7 Å². The van der Waals surface area contributed by atoms with Crippen LogP contribution in [0.4, 0.5) is 5.69 Å². The van der Waals surface area contributed by atoms with Crippen LogP contribution >= 0.6 is 23.4 Å². The highest BCUT2D eigenvalue weighted by Crippen LogP contribution is 2.23. The molecule has 1 aromatic heterocycles. The summed E-state index contributed by atoms with van der Waals surface area (Å²) in [5.41, 5.74) is 2.62. The zero-order valence-electron chi connectivity index (χ0n) is 15.7. The minimum Gasteiger partial charge on any atom is -0.341 e. The van der Waals surface area contributed by atoms with Gasteiger partial charge in [-0.15, -0.1) is 0 Å². The molecule has 0 spiro atoms. The molecule has 1 saturated heterocycles. The quantitative estimate of drug-likeness (QED) is 0.678. The molecule has 148 valence electrons. The molecule has 0 saturated carbocycles. The second-order valence-electron chi connectivity index (χ2n) is 6.85.